The van der Waals surface area contributed by atoms with Gasteiger partial charge in [0, 0.05) is 30.2 Å². The van der Waals surface area contributed by atoms with Gasteiger partial charge in [0.1, 0.15) is 5.84 Å². The van der Waals surface area contributed by atoms with Crippen LogP contribution in [0.4, 0.5) is 8.78 Å². The van der Waals surface area contributed by atoms with Crippen molar-refractivity contribution in [3.8, 4) is 0 Å². The second-order valence-corrected chi connectivity index (χ2v) is 7.43. The first-order valence-electron chi connectivity index (χ1n) is 8.47. The van der Waals surface area contributed by atoms with Crippen molar-refractivity contribution < 1.29 is 18.3 Å². The number of methoxy groups -OCH3 is 1. The summed E-state index contributed by atoms with van der Waals surface area (Å²) in [5.74, 6) is 2.05. The van der Waals surface area contributed by atoms with Crippen LogP contribution >= 0.6 is 11.3 Å². The highest BCUT2D eigenvalue weighted by molar-refractivity contribution is 7.11. The van der Waals surface area contributed by atoms with Crippen LogP contribution in [0.15, 0.2) is 32.9 Å². The molecule has 0 radical (unpaired) electrons. The lowest BCUT2D eigenvalue weighted by Crippen LogP contribution is -2.46. The highest BCUT2D eigenvalue weighted by atomic mass is 32.1. The van der Waals surface area contributed by atoms with Crippen molar-refractivity contribution in [2.75, 3.05) is 20.2 Å². The summed E-state index contributed by atoms with van der Waals surface area (Å²) in [6.07, 6.45) is 1.13. The maximum absolute atomic E-state index is 14.0. The number of hydrazone groups is 1. The third-order valence-electron chi connectivity index (χ3n) is 4.59. The van der Waals surface area contributed by atoms with Crippen LogP contribution in [0.5, 0.6) is 0 Å². The summed E-state index contributed by atoms with van der Waals surface area (Å²) < 4.78 is 32.9. The summed E-state index contributed by atoms with van der Waals surface area (Å²) >= 11 is 1.37. The van der Waals surface area contributed by atoms with Gasteiger partial charge in [-0.3, -0.25) is 9.89 Å². The lowest BCUT2D eigenvalue weighted by molar-refractivity contribution is -0.136. The number of aliphatic imine (C=N–C) groups is 1. The van der Waals surface area contributed by atoms with Crippen molar-refractivity contribution in [1.82, 2.24) is 15.2 Å². The molecule has 1 fully saturated rings. The fourth-order valence-corrected chi connectivity index (χ4v) is 3.95. The van der Waals surface area contributed by atoms with Crippen LogP contribution in [0.3, 0.4) is 0 Å². The molecule has 1 saturated heterocycles. The number of ether oxygens (including phenoxy) is 1. The van der Waals surface area contributed by atoms with E-state index in [-0.39, 0.29) is 18.0 Å². The number of hydrogen-bond acceptors (Lipinski definition) is 9. The summed E-state index contributed by atoms with van der Waals surface area (Å²) in [5, 5.41) is 8.86. The summed E-state index contributed by atoms with van der Waals surface area (Å²) in [5.41, 5.74) is 6.41. The third kappa shape index (κ3) is 3.97. The molecule has 3 heterocycles. The zero-order valence-electron chi connectivity index (χ0n) is 15.4. The van der Waals surface area contributed by atoms with Crippen molar-refractivity contribution >= 4 is 29.0 Å². The summed E-state index contributed by atoms with van der Waals surface area (Å²) in [4.78, 5) is 22.4. The Morgan fingerprint density at radius 2 is 2.32 bits per heavy atom. The van der Waals surface area contributed by atoms with Crippen LogP contribution < -0.4 is 16.9 Å². The Morgan fingerprint density at radius 1 is 1.57 bits per heavy atom. The first kappa shape index (κ1) is 20.1. The first-order chi connectivity index (χ1) is 13.3. The van der Waals surface area contributed by atoms with Crippen molar-refractivity contribution in [1.29, 1.82) is 0 Å². The van der Waals surface area contributed by atoms with Gasteiger partial charge in [0.05, 0.1) is 31.3 Å². The van der Waals surface area contributed by atoms with E-state index in [4.69, 9.17) is 16.3 Å². The molecule has 0 amide bonds. The van der Waals surface area contributed by atoms with Gasteiger partial charge in [-0.1, -0.05) is 0 Å². The number of carbonyl (C=O) groups is 1. The molecular formula is C16H21F2N7O2S. The smallest absolute Gasteiger partial charge is 0.337 e. The number of rotatable bonds is 5. The predicted octanol–water partition coefficient (Wildman–Crippen LogP) is 0.249. The SMILES string of the molecule is COC(=O)C1=C(CN2CC(F)(F)CC2/C(N)=N/N)NC(c2nccs2)=NC1C. The van der Waals surface area contributed by atoms with Crippen LogP contribution in [-0.2, 0) is 9.53 Å². The van der Waals surface area contributed by atoms with Crippen LogP contribution in [-0.4, -0.2) is 65.7 Å². The van der Waals surface area contributed by atoms with Crippen LogP contribution in [0.25, 0.3) is 0 Å². The van der Waals surface area contributed by atoms with Crippen LogP contribution in [0.2, 0.25) is 0 Å². The van der Waals surface area contributed by atoms with Gasteiger partial charge in [-0.05, 0) is 6.92 Å². The van der Waals surface area contributed by atoms with E-state index in [1.807, 2.05) is 0 Å². The molecule has 0 aliphatic carbocycles. The number of likely N-dealkylation sites (tertiary alicyclic amines) is 1. The normalized spacial score (nSPS) is 25.4. The summed E-state index contributed by atoms with van der Waals surface area (Å²) in [6, 6.07) is -1.38. The third-order valence-corrected chi connectivity index (χ3v) is 5.37. The lowest BCUT2D eigenvalue weighted by atomic mass is 10.0. The number of nitrogens with zero attached hydrogens (tertiary/aromatic N) is 4. The fourth-order valence-electron chi connectivity index (χ4n) is 3.36. The number of nitrogens with two attached hydrogens (primary N) is 2. The van der Waals surface area contributed by atoms with E-state index in [0.29, 0.717) is 16.5 Å². The average Bonchev–Trinajstić information content (AvgIpc) is 3.28. The molecule has 2 aliphatic heterocycles. The molecule has 9 nitrogen and oxygen atoms in total. The number of amidine groups is 2. The molecular weight excluding hydrogens is 392 g/mol. The predicted molar refractivity (Wildman–Crippen MR) is 101 cm³/mol. The van der Waals surface area contributed by atoms with Crippen LogP contribution in [0.1, 0.15) is 18.4 Å². The Morgan fingerprint density at radius 3 is 2.93 bits per heavy atom. The molecule has 12 heteroatoms. The topological polar surface area (TPSA) is 131 Å². The highest BCUT2D eigenvalue weighted by Gasteiger charge is 2.47. The van der Waals surface area contributed by atoms with E-state index < -0.39 is 36.9 Å². The summed E-state index contributed by atoms with van der Waals surface area (Å²) in [6.45, 7) is 1.19. The lowest BCUT2D eigenvalue weighted by Gasteiger charge is -2.29. The molecule has 28 heavy (non-hydrogen) atoms. The number of esters is 1. The Balaban J connectivity index is 1.94. The minimum atomic E-state index is -2.95. The van der Waals surface area contributed by atoms with E-state index in [1.54, 1.807) is 18.5 Å². The molecule has 5 N–H and O–H groups in total. The number of hydrogen-bond donors (Lipinski definition) is 3. The highest BCUT2D eigenvalue weighted by Crippen LogP contribution is 2.33. The minimum absolute atomic E-state index is 0.00432. The number of halogens is 2. The van der Waals surface area contributed by atoms with Gasteiger partial charge in [0.25, 0.3) is 5.92 Å². The Hall–Kier alpha value is -2.60. The molecule has 0 spiro atoms. The minimum Gasteiger partial charge on any atom is -0.466 e. The number of thiazole rings is 1. The number of carbonyl (C=O) groups excluding carboxylic acids is 1. The first-order valence-corrected chi connectivity index (χ1v) is 9.35. The average molecular weight is 413 g/mol. The van der Waals surface area contributed by atoms with E-state index in [0.717, 1.165) is 0 Å². The molecule has 1 aromatic heterocycles. The molecule has 3 rings (SSSR count). The quantitative estimate of drug-likeness (QED) is 0.207. The maximum atomic E-state index is 14.0. The Labute approximate surface area is 164 Å². The van der Waals surface area contributed by atoms with Gasteiger partial charge in [0.2, 0.25) is 0 Å². The Bertz CT molecular complexity index is 838. The Kier molecular flexibility index (Phi) is 5.61. The van der Waals surface area contributed by atoms with Crippen molar-refractivity contribution in [2.24, 2.45) is 21.7 Å². The maximum Gasteiger partial charge on any atom is 0.337 e. The van der Waals surface area contributed by atoms with Crippen molar-refractivity contribution in [3.63, 3.8) is 0 Å². The van der Waals surface area contributed by atoms with Gasteiger partial charge in [-0.2, -0.15) is 5.10 Å². The second-order valence-electron chi connectivity index (χ2n) is 6.53. The van der Waals surface area contributed by atoms with Crippen LogP contribution in [0, 0.1) is 0 Å². The fraction of sp³-hybridized carbons (Fsp3) is 0.500. The zero-order chi connectivity index (χ0) is 20.5. The number of aromatic nitrogens is 1. The monoisotopic (exact) mass is 413 g/mol. The largest absolute Gasteiger partial charge is 0.466 e. The second kappa shape index (κ2) is 7.80. The van der Waals surface area contributed by atoms with Gasteiger partial charge in [-0.15, -0.1) is 11.3 Å². The van der Waals surface area contributed by atoms with Gasteiger partial charge >= 0.3 is 5.97 Å². The molecule has 0 saturated carbocycles. The molecule has 152 valence electrons. The molecule has 2 unspecified atom stereocenters. The van der Waals surface area contributed by atoms with E-state index in [1.165, 1.54) is 23.3 Å². The molecule has 2 atom stereocenters. The van der Waals surface area contributed by atoms with Crippen molar-refractivity contribution in [3.05, 3.63) is 27.9 Å². The van der Waals surface area contributed by atoms with Gasteiger partial charge in [0.15, 0.2) is 10.8 Å². The van der Waals surface area contributed by atoms with Crippen molar-refractivity contribution in [2.45, 2.75) is 31.4 Å². The molecule has 2 aliphatic rings. The molecule has 0 bridgehead atoms. The molecule has 1 aromatic rings. The van der Waals surface area contributed by atoms with Gasteiger partial charge < -0.3 is 21.6 Å². The summed E-state index contributed by atoms with van der Waals surface area (Å²) in [7, 11) is 1.26. The number of nitrogens with one attached hydrogen (secondary N) is 1. The van der Waals surface area contributed by atoms with E-state index in [9.17, 15) is 13.6 Å². The van der Waals surface area contributed by atoms with E-state index in [2.05, 4.69) is 20.4 Å². The zero-order valence-corrected chi connectivity index (χ0v) is 16.2. The number of alkyl halides is 2. The molecule has 0 aromatic carbocycles. The van der Waals surface area contributed by atoms with E-state index >= 15 is 0 Å². The van der Waals surface area contributed by atoms with Gasteiger partial charge in [-0.25, -0.2) is 18.6 Å². The standard InChI is InChI=1S/C16H21F2N7O2S/c1-8-11(15(26)27-2)9(23-13(22-8)14-21-3-4-28-14)6-25-7-16(17,18)5-10(25)12(19)24-20/h3-4,8,10H,5-7,20H2,1-2H3,(H2,19,24)(H,22,23).